The van der Waals surface area contributed by atoms with Crippen LogP contribution >= 0.6 is 0 Å². The van der Waals surface area contributed by atoms with Gasteiger partial charge < -0.3 is 4.90 Å². The van der Waals surface area contributed by atoms with Crippen LogP contribution in [0.2, 0.25) is 0 Å². The number of carbonyl (C=O) groups is 1. The molecule has 5 nitrogen and oxygen atoms in total. The maximum Gasteiger partial charge on any atom is 0.249 e. The quantitative estimate of drug-likeness (QED) is 0.867. The first-order valence-corrected chi connectivity index (χ1v) is 6.65. The Morgan fingerprint density at radius 3 is 2.43 bits per heavy atom. The zero-order valence-electron chi connectivity index (χ0n) is 12.7. The van der Waals surface area contributed by atoms with Gasteiger partial charge in [-0.25, -0.2) is 0 Å². The lowest BCUT2D eigenvalue weighted by Gasteiger charge is -2.27. The zero-order chi connectivity index (χ0) is 15.6. The van der Waals surface area contributed by atoms with Gasteiger partial charge in [0.1, 0.15) is 17.3 Å². The number of nitriles is 1. The molecule has 0 aliphatic rings. The molecule has 0 spiro atoms. The molecule has 0 bridgehead atoms. The lowest BCUT2D eigenvalue weighted by atomic mass is 10.0. The summed E-state index contributed by atoms with van der Waals surface area (Å²) in [5.74, 6) is -0.0749. The van der Waals surface area contributed by atoms with Gasteiger partial charge in [-0.2, -0.15) is 10.4 Å². The molecular weight excluding hydrogens is 264 g/mol. The van der Waals surface area contributed by atoms with Crippen LogP contribution in [0.15, 0.2) is 36.5 Å². The van der Waals surface area contributed by atoms with E-state index in [0.717, 1.165) is 5.56 Å². The molecule has 5 heteroatoms. The Kier molecular flexibility index (Phi) is 3.81. The van der Waals surface area contributed by atoms with Gasteiger partial charge in [-0.15, -0.1) is 0 Å². The molecule has 0 radical (unpaired) electrons. The van der Waals surface area contributed by atoms with Crippen molar-refractivity contribution in [3.8, 4) is 17.3 Å². The number of hydrogen-bond acceptors (Lipinski definition) is 3. The van der Waals surface area contributed by atoms with Crippen LogP contribution in [0, 0.1) is 11.3 Å². The van der Waals surface area contributed by atoms with Crippen LogP contribution in [0.3, 0.4) is 0 Å². The van der Waals surface area contributed by atoms with Crippen LogP contribution in [-0.2, 0) is 10.3 Å². The van der Waals surface area contributed by atoms with Crippen molar-refractivity contribution >= 4 is 5.91 Å². The van der Waals surface area contributed by atoms with Gasteiger partial charge in [0, 0.05) is 25.9 Å². The lowest BCUT2D eigenvalue weighted by molar-refractivity contribution is -0.137. The van der Waals surface area contributed by atoms with Gasteiger partial charge in [-0.05, 0) is 13.8 Å². The molecule has 108 valence electrons. The summed E-state index contributed by atoms with van der Waals surface area (Å²) in [5, 5.41) is 13.8. The minimum Gasteiger partial charge on any atom is -0.347 e. The highest BCUT2D eigenvalue weighted by Gasteiger charge is 2.33. The van der Waals surface area contributed by atoms with E-state index in [0.29, 0.717) is 11.3 Å². The maximum absolute atomic E-state index is 12.3. The molecule has 0 unspecified atom stereocenters. The third kappa shape index (κ3) is 2.65. The van der Waals surface area contributed by atoms with E-state index < -0.39 is 5.54 Å². The number of aromatic nitrogens is 2. The van der Waals surface area contributed by atoms with Crippen molar-refractivity contribution < 1.29 is 4.79 Å². The largest absolute Gasteiger partial charge is 0.347 e. The molecule has 1 amide bonds. The summed E-state index contributed by atoms with van der Waals surface area (Å²) >= 11 is 0. The summed E-state index contributed by atoms with van der Waals surface area (Å²) in [5.41, 5.74) is 1.07. The summed E-state index contributed by atoms with van der Waals surface area (Å²) in [6.45, 7) is 3.58. The first-order valence-electron chi connectivity index (χ1n) is 6.65. The van der Waals surface area contributed by atoms with Crippen LogP contribution in [0.25, 0.3) is 11.3 Å². The van der Waals surface area contributed by atoms with Crippen molar-refractivity contribution in [3.05, 3.63) is 42.1 Å². The Morgan fingerprint density at radius 2 is 1.90 bits per heavy atom. The van der Waals surface area contributed by atoms with E-state index in [1.54, 1.807) is 38.8 Å². The second kappa shape index (κ2) is 5.41. The van der Waals surface area contributed by atoms with E-state index in [1.165, 1.54) is 4.90 Å². The minimum absolute atomic E-state index is 0.0749. The minimum atomic E-state index is -0.845. The highest BCUT2D eigenvalue weighted by atomic mass is 16.2. The van der Waals surface area contributed by atoms with Gasteiger partial charge in [0.05, 0.1) is 5.56 Å². The summed E-state index contributed by atoms with van der Waals surface area (Å²) in [4.78, 5) is 13.8. The first kappa shape index (κ1) is 14.8. The highest BCUT2D eigenvalue weighted by molar-refractivity contribution is 5.83. The fraction of sp³-hybridized carbons (Fsp3) is 0.312. The number of likely N-dealkylation sites (N-methyl/N-ethyl adjacent to an activating group) is 1. The Morgan fingerprint density at radius 1 is 1.29 bits per heavy atom. The molecule has 0 saturated carbocycles. The lowest BCUT2D eigenvalue weighted by Crippen LogP contribution is -2.44. The Balaban J connectivity index is 2.52. The molecule has 1 heterocycles. The fourth-order valence-electron chi connectivity index (χ4n) is 2.20. The van der Waals surface area contributed by atoms with Gasteiger partial charge in [-0.1, -0.05) is 30.3 Å². The average Bonchev–Trinajstić information content (AvgIpc) is 2.92. The normalized spacial score (nSPS) is 11.0. The van der Waals surface area contributed by atoms with E-state index in [2.05, 4.69) is 11.2 Å². The summed E-state index contributed by atoms with van der Waals surface area (Å²) in [7, 11) is 3.41. The summed E-state index contributed by atoms with van der Waals surface area (Å²) in [6, 6.07) is 11.6. The monoisotopic (exact) mass is 282 g/mol. The van der Waals surface area contributed by atoms with Crippen LogP contribution in [0.4, 0.5) is 0 Å². The van der Waals surface area contributed by atoms with Crippen LogP contribution in [0.5, 0.6) is 0 Å². The smallest absolute Gasteiger partial charge is 0.249 e. The molecule has 0 aliphatic carbocycles. The van der Waals surface area contributed by atoms with Crippen molar-refractivity contribution in [3.63, 3.8) is 0 Å². The van der Waals surface area contributed by atoms with E-state index in [4.69, 9.17) is 0 Å². The molecule has 2 aromatic rings. The highest BCUT2D eigenvalue weighted by Crippen LogP contribution is 2.25. The Labute approximate surface area is 124 Å². The molecule has 0 aliphatic heterocycles. The third-order valence-corrected chi connectivity index (χ3v) is 3.38. The molecule has 0 fully saturated rings. The molecular formula is C16H18N4O. The van der Waals surface area contributed by atoms with Crippen molar-refractivity contribution in [1.29, 1.82) is 5.26 Å². The predicted octanol–water partition coefficient (Wildman–Crippen LogP) is 2.25. The van der Waals surface area contributed by atoms with Gasteiger partial charge in [0.2, 0.25) is 5.91 Å². The van der Waals surface area contributed by atoms with Crippen molar-refractivity contribution in [2.24, 2.45) is 0 Å². The van der Waals surface area contributed by atoms with Gasteiger partial charge in [0.25, 0.3) is 0 Å². The van der Waals surface area contributed by atoms with E-state index in [1.807, 2.05) is 30.3 Å². The molecule has 21 heavy (non-hydrogen) atoms. The van der Waals surface area contributed by atoms with E-state index in [9.17, 15) is 10.1 Å². The van der Waals surface area contributed by atoms with E-state index >= 15 is 0 Å². The third-order valence-electron chi connectivity index (χ3n) is 3.38. The Bertz CT molecular complexity index is 693. The second-order valence-corrected chi connectivity index (χ2v) is 5.57. The predicted molar refractivity (Wildman–Crippen MR) is 80.4 cm³/mol. The number of carbonyl (C=O) groups excluding carboxylic acids is 1. The SMILES string of the molecule is CN(C)C(=O)C(C)(C)n1cc(C#N)c(-c2ccccc2)n1. The average molecular weight is 282 g/mol. The van der Waals surface area contributed by atoms with Gasteiger partial charge in [0.15, 0.2) is 0 Å². The van der Waals surface area contributed by atoms with Crippen molar-refractivity contribution in [2.75, 3.05) is 14.1 Å². The van der Waals surface area contributed by atoms with Gasteiger partial charge in [-0.3, -0.25) is 9.48 Å². The topological polar surface area (TPSA) is 61.9 Å². The molecule has 2 rings (SSSR count). The molecule has 0 saturated heterocycles. The molecule has 1 aromatic heterocycles. The molecule has 1 aromatic carbocycles. The number of hydrogen-bond donors (Lipinski definition) is 0. The zero-order valence-corrected chi connectivity index (χ0v) is 12.7. The van der Waals surface area contributed by atoms with Crippen LogP contribution in [0.1, 0.15) is 19.4 Å². The molecule has 0 atom stereocenters. The fourth-order valence-corrected chi connectivity index (χ4v) is 2.20. The first-order chi connectivity index (χ1) is 9.87. The summed E-state index contributed by atoms with van der Waals surface area (Å²) in [6.07, 6.45) is 1.63. The van der Waals surface area contributed by atoms with Crippen molar-refractivity contribution in [1.82, 2.24) is 14.7 Å². The van der Waals surface area contributed by atoms with Gasteiger partial charge >= 0.3 is 0 Å². The second-order valence-electron chi connectivity index (χ2n) is 5.57. The van der Waals surface area contributed by atoms with Crippen molar-refractivity contribution in [2.45, 2.75) is 19.4 Å². The van der Waals surface area contributed by atoms with Crippen LogP contribution in [-0.4, -0.2) is 34.7 Å². The number of amides is 1. The standard InChI is InChI=1S/C16H18N4O/c1-16(2,15(21)19(3)4)20-11-13(10-17)14(18-20)12-8-6-5-7-9-12/h5-9,11H,1-4H3. The summed E-state index contributed by atoms with van der Waals surface area (Å²) < 4.78 is 1.57. The van der Waals surface area contributed by atoms with E-state index in [-0.39, 0.29) is 5.91 Å². The maximum atomic E-state index is 12.3. The number of benzene rings is 1. The van der Waals surface area contributed by atoms with Crippen LogP contribution < -0.4 is 0 Å². The number of rotatable bonds is 3. The Hall–Kier alpha value is -2.61. The molecule has 0 N–H and O–H groups in total. The number of nitrogens with zero attached hydrogens (tertiary/aromatic N) is 4.